The van der Waals surface area contributed by atoms with Crippen LogP contribution in [0.15, 0.2) is 41.6 Å². The van der Waals surface area contributed by atoms with Crippen LogP contribution in [0.1, 0.15) is 33.6 Å². The van der Waals surface area contributed by atoms with Crippen LogP contribution in [-0.2, 0) is 21.0 Å². The predicted molar refractivity (Wildman–Crippen MR) is 79.1 cm³/mol. The molecule has 0 saturated heterocycles. The quantitative estimate of drug-likeness (QED) is 0.548. The van der Waals surface area contributed by atoms with Gasteiger partial charge in [-0.2, -0.15) is 0 Å². The Bertz CT molecular complexity index is 451. The zero-order valence-electron chi connectivity index (χ0n) is 10.7. The van der Waals surface area contributed by atoms with Gasteiger partial charge in [0.25, 0.3) is 0 Å². The predicted octanol–water partition coefficient (Wildman–Crippen LogP) is 4.74. The Labute approximate surface area is 124 Å². The summed E-state index contributed by atoms with van der Waals surface area (Å²) in [4.78, 5) is 0. The number of halogens is 2. The van der Waals surface area contributed by atoms with Gasteiger partial charge in [0.05, 0.1) is 0 Å². The van der Waals surface area contributed by atoms with Crippen molar-refractivity contribution in [1.82, 2.24) is 0 Å². The van der Waals surface area contributed by atoms with Gasteiger partial charge in [-0.15, -0.1) is 24.8 Å². The van der Waals surface area contributed by atoms with Crippen LogP contribution in [0.3, 0.4) is 0 Å². The van der Waals surface area contributed by atoms with Crippen molar-refractivity contribution >= 4 is 29.1 Å². The first-order valence-corrected chi connectivity index (χ1v) is 11.7. The van der Waals surface area contributed by atoms with Crippen LogP contribution in [0.5, 0.6) is 0 Å². The van der Waals surface area contributed by atoms with Crippen molar-refractivity contribution in [2.45, 2.75) is 33.6 Å². The Morgan fingerprint density at radius 1 is 1.12 bits per heavy atom. The molecule has 0 nitrogen and oxygen atoms in total. The summed E-state index contributed by atoms with van der Waals surface area (Å²) in [5, 5.41) is 0. The summed E-state index contributed by atoms with van der Waals surface area (Å²) in [6.45, 7) is 6.82. The first-order chi connectivity index (χ1) is 7.11. The van der Waals surface area contributed by atoms with Crippen molar-refractivity contribution in [3.05, 3.63) is 41.6 Å². The van der Waals surface area contributed by atoms with Gasteiger partial charge in [-0.25, -0.2) is 0 Å². The third kappa shape index (κ3) is 3.39. The number of rotatable bonds is 2. The van der Waals surface area contributed by atoms with Gasteiger partial charge in [0, 0.05) is 0 Å². The van der Waals surface area contributed by atoms with E-state index in [1.165, 1.54) is 18.4 Å². The van der Waals surface area contributed by atoms with Gasteiger partial charge in [0.2, 0.25) is 0 Å². The molecule has 2 rings (SSSR count). The molecule has 0 atom stereocenters. The van der Waals surface area contributed by atoms with E-state index in [9.17, 15) is 0 Å². The maximum atomic E-state index is 4.54. The van der Waals surface area contributed by atoms with Crippen molar-refractivity contribution in [2.24, 2.45) is 0 Å². The van der Waals surface area contributed by atoms with Crippen molar-refractivity contribution in [3.8, 4) is 0 Å². The fourth-order valence-electron chi connectivity index (χ4n) is 2.27. The normalized spacial score (nSPS) is 17.9. The number of hydrogen-bond donors (Lipinski definition) is 0. The summed E-state index contributed by atoms with van der Waals surface area (Å²) >= 11 is -1.82. The van der Waals surface area contributed by atoms with Gasteiger partial charge < -0.3 is 0 Å². The summed E-state index contributed by atoms with van der Waals surface area (Å²) in [5.74, 6) is 0. The van der Waals surface area contributed by atoms with E-state index in [1.807, 2.05) is 0 Å². The van der Waals surface area contributed by atoms with Crippen molar-refractivity contribution < 1.29 is 21.0 Å². The molecule has 17 heavy (non-hydrogen) atoms. The topological polar surface area (TPSA) is 0 Å². The van der Waals surface area contributed by atoms with Gasteiger partial charge >= 0.3 is 100 Å². The summed E-state index contributed by atoms with van der Waals surface area (Å²) in [6, 6.07) is 0. The Morgan fingerprint density at radius 2 is 1.76 bits per heavy atom. The van der Waals surface area contributed by atoms with E-state index < -0.39 is 21.0 Å². The molecular weight excluding hydrogens is 418 g/mol. The Morgan fingerprint density at radius 3 is 2.18 bits per heavy atom. The molecule has 0 aliphatic heterocycles. The van der Waals surface area contributed by atoms with Gasteiger partial charge in [0.15, 0.2) is 0 Å². The van der Waals surface area contributed by atoms with Gasteiger partial charge in [-0.3, -0.25) is 0 Å². The van der Waals surface area contributed by atoms with E-state index in [0.717, 1.165) is 0 Å². The third-order valence-electron chi connectivity index (χ3n) is 3.62. The van der Waals surface area contributed by atoms with Crippen LogP contribution in [-0.4, -0.2) is 4.26 Å². The fraction of sp³-hybridized carbons (Fsp3) is 0.357. The average Bonchev–Trinajstić information content (AvgIpc) is 2.82. The SMILES string of the molecule is Cl.Cl.[CH2]=[Hf]([C]1=CC=CC1)[C]1=C(C)C(C)=C(C)C1. The van der Waals surface area contributed by atoms with Gasteiger partial charge in [-0.05, 0) is 0 Å². The molecule has 0 saturated carbocycles. The zero-order valence-corrected chi connectivity index (χ0v) is 15.9. The van der Waals surface area contributed by atoms with Crippen LogP contribution >= 0.6 is 24.8 Å². The summed E-state index contributed by atoms with van der Waals surface area (Å²) in [6.07, 6.45) is 9.19. The minimum atomic E-state index is -1.82. The maximum absolute atomic E-state index is 4.54. The van der Waals surface area contributed by atoms with Gasteiger partial charge in [-0.1, -0.05) is 0 Å². The van der Waals surface area contributed by atoms with E-state index in [2.05, 4.69) is 43.3 Å². The summed E-state index contributed by atoms with van der Waals surface area (Å²) < 4.78 is 7.96. The minimum absolute atomic E-state index is 0. The summed E-state index contributed by atoms with van der Waals surface area (Å²) in [5.41, 5.74) is 4.67. The molecule has 0 unspecified atom stereocenters. The molecule has 0 heterocycles. The molecule has 3 heteroatoms. The van der Waals surface area contributed by atoms with Crippen molar-refractivity contribution in [3.63, 3.8) is 0 Å². The molecule has 0 aromatic heterocycles. The molecular formula is C14H20Cl2Hf. The van der Waals surface area contributed by atoms with Crippen LogP contribution in [0, 0.1) is 0 Å². The number of hydrogen-bond acceptors (Lipinski definition) is 0. The molecule has 0 N–H and O–H groups in total. The molecule has 0 amide bonds. The van der Waals surface area contributed by atoms with E-state index in [4.69, 9.17) is 0 Å². The second kappa shape index (κ2) is 7.01. The van der Waals surface area contributed by atoms with Crippen molar-refractivity contribution in [2.75, 3.05) is 0 Å². The van der Waals surface area contributed by atoms with E-state index >= 15 is 0 Å². The second-order valence-electron chi connectivity index (χ2n) is 4.49. The molecule has 0 bridgehead atoms. The van der Waals surface area contributed by atoms with Gasteiger partial charge in [0.1, 0.15) is 0 Å². The molecule has 2 aliphatic rings. The van der Waals surface area contributed by atoms with E-state index in [0.29, 0.717) is 0 Å². The first kappa shape index (κ1) is 17.3. The van der Waals surface area contributed by atoms with Crippen LogP contribution in [0.4, 0.5) is 0 Å². The first-order valence-electron chi connectivity index (χ1n) is 5.53. The Balaban J connectivity index is 0.00000128. The number of allylic oxidation sites excluding steroid dienone is 8. The molecule has 0 spiro atoms. The Hall–Kier alpha value is 0.280. The molecule has 0 radical (unpaired) electrons. The molecule has 0 fully saturated rings. The van der Waals surface area contributed by atoms with E-state index in [1.54, 1.807) is 17.8 Å². The zero-order chi connectivity index (χ0) is 11.0. The molecule has 2 aliphatic carbocycles. The summed E-state index contributed by atoms with van der Waals surface area (Å²) in [7, 11) is 0. The van der Waals surface area contributed by atoms with Crippen molar-refractivity contribution in [1.29, 1.82) is 0 Å². The van der Waals surface area contributed by atoms with Crippen LogP contribution in [0.25, 0.3) is 0 Å². The van der Waals surface area contributed by atoms with Crippen LogP contribution < -0.4 is 0 Å². The monoisotopic (exact) mass is 438 g/mol. The van der Waals surface area contributed by atoms with Crippen LogP contribution in [0.2, 0.25) is 0 Å². The fourth-order valence-corrected chi connectivity index (χ4v) is 10.1. The second-order valence-corrected chi connectivity index (χ2v) is 12.4. The third-order valence-corrected chi connectivity index (χ3v) is 12.3. The molecule has 0 aromatic carbocycles. The standard InChI is InChI=1S/C8H11.C5H5.CH2.2ClH.Hf/c1-6-4-5-7(2)8(6)3;1-2-4-5-3-1;;;;/h4H2,1-3H3;1-3H,4H2;1H2;2*1H;. The van der Waals surface area contributed by atoms with E-state index in [-0.39, 0.29) is 24.8 Å². The Kier molecular flexibility index (Phi) is 7.13. The molecule has 0 aromatic rings. The average molecular weight is 438 g/mol. The molecule has 94 valence electrons.